The molecule has 1 saturated heterocycles. The third kappa shape index (κ3) is 2.67. The van der Waals surface area contributed by atoms with E-state index >= 15 is 0 Å². The molecule has 1 N–H and O–H groups in total. The molecular formula is C12H21NO3. The van der Waals surface area contributed by atoms with E-state index in [0.717, 1.165) is 0 Å². The highest BCUT2D eigenvalue weighted by atomic mass is 16.6. The number of hydrogen-bond donors (Lipinski definition) is 1. The van der Waals surface area contributed by atoms with Crippen molar-refractivity contribution in [3.63, 3.8) is 0 Å². The van der Waals surface area contributed by atoms with Gasteiger partial charge in [-0.1, -0.05) is 0 Å². The van der Waals surface area contributed by atoms with Crippen LogP contribution in [0.5, 0.6) is 0 Å². The van der Waals surface area contributed by atoms with Gasteiger partial charge in [-0.05, 0) is 39.5 Å². The lowest BCUT2D eigenvalue weighted by Crippen LogP contribution is -2.35. The molecule has 1 heterocycles. The van der Waals surface area contributed by atoms with Crippen molar-refractivity contribution in [1.82, 2.24) is 4.90 Å². The van der Waals surface area contributed by atoms with Crippen LogP contribution in [-0.2, 0) is 4.74 Å². The summed E-state index contributed by atoms with van der Waals surface area (Å²) in [5.41, 5.74) is -0.459. The molecule has 0 spiro atoms. The van der Waals surface area contributed by atoms with Crippen molar-refractivity contribution in [1.29, 1.82) is 0 Å². The van der Waals surface area contributed by atoms with Gasteiger partial charge < -0.3 is 14.7 Å². The fourth-order valence-electron chi connectivity index (χ4n) is 2.28. The van der Waals surface area contributed by atoms with Gasteiger partial charge in [0.1, 0.15) is 5.60 Å². The van der Waals surface area contributed by atoms with Crippen LogP contribution in [0.2, 0.25) is 0 Å². The van der Waals surface area contributed by atoms with Gasteiger partial charge in [0.15, 0.2) is 0 Å². The monoisotopic (exact) mass is 227 g/mol. The highest BCUT2D eigenvalue weighted by molar-refractivity contribution is 5.68. The maximum atomic E-state index is 11.8. The molecule has 1 saturated carbocycles. The number of β-amino-alcohol motifs (C(OH)–C–C–N with tert-alkyl or cyclic N) is 1. The smallest absolute Gasteiger partial charge is 0.410 e. The molecule has 2 aliphatic rings. The molecule has 2 fully saturated rings. The van der Waals surface area contributed by atoms with Crippen LogP contribution in [-0.4, -0.2) is 40.9 Å². The number of carbonyl (C=O) groups excluding carboxylic acids is 1. The first-order valence-corrected chi connectivity index (χ1v) is 6.03. The summed E-state index contributed by atoms with van der Waals surface area (Å²) in [6.07, 6.45) is 1.74. The number of amides is 1. The summed E-state index contributed by atoms with van der Waals surface area (Å²) >= 11 is 0. The van der Waals surface area contributed by atoms with E-state index in [9.17, 15) is 9.90 Å². The molecule has 16 heavy (non-hydrogen) atoms. The first kappa shape index (κ1) is 11.7. The Morgan fingerprint density at radius 2 is 1.94 bits per heavy atom. The third-order valence-corrected chi connectivity index (χ3v) is 3.21. The van der Waals surface area contributed by atoms with E-state index in [0.29, 0.717) is 19.0 Å². The fourth-order valence-corrected chi connectivity index (χ4v) is 2.28. The molecule has 0 aromatic heterocycles. The van der Waals surface area contributed by atoms with Gasteiger partial charge in [-0.3, -0.25) is 0 Å². The topological polar surface area (TPSA) is 49.8 Å². The first-order valence-electron chi connectivity index (χ1n) is 6.03. The van der Waals surface area contributed by atoms with Crippen molar-refractivity contribution < 1.29 is 14.6 Å². The van der Waals surface area contributed by atoms with Crippen LogP contribution in [0.4, 0.5) is 4.79 Å². The maximum absolute atomic E-state index is 11.8. The summed E-state index contributed by atoms with van der Waals surface area (Å²) < 4.78 is 5.29. The number of nitrogens with zero attached hydrogens (tertiary/aromatic N) is 1. The van der Waals surface area contributed by atoms with Crippen molar-refractivity contribution in [3.05, 3.63) is 0 Å². The van der Waals surface area contributed by atoms with E-state index in [1.165, 1.54) is 12.8 Å². The Bertz CT molecular complexity index is 280. The van der Waals surface area contributed by atoms with Crippen LogP contribution in [0, 0.1) is 11.8 Å². The predicted molar refractivity (Wildman–Crippen MR) is 60.0 cm³/mol. The maximum Gasteiger partial charge on any atom is 0.410 e. The molecule has 0 bridgehead atoms. The molecule has 1 aliphatic carbocycles. The standard InChI is InChI=1S/C12H21NO3/c1-12(2,3)16-11(15)13-6-9(8-4-5-8)10(14)7-13/h8-10,14H,4-7H2,1-3H3/t9-,10+/m1/s1. The van der Waals surface area contributed by atoms with Gasteiger partial charge in [0.25, 0.3) is 0 Å². The van der Waals surface area contributed by atoms with E-state index < -0.39 is 5.60 Å². The Hall–Kier alpha value is -0.770. The molecule has 1 aliphatic heterocycles. The van der Waals surface area contributed by atoms with Gasteiger partial charge in [-0.15, -0.1) is 0 Å². The zero-order valence-corrected chi connectivity index (χ0v) is 10.3. The van der Waals surface area contributed by atoms with Crippen LogP contribution in [0.25, 0.3) is 0 Å². The zero-order chi connectivity index (χ0) is 11.9. The molecule has 0 unspecified atom stereocenters. The average Bonchev–Trinajstić information content (AvgIpc) is 2.87. The van der Waals surface area contributed by atoms with Crippen molar-refractivity contribution in [2.45, 2.75) is 45.3 Å². The third-order valence-electron chi connectivity index (χ3n) is 3.21. The van der Waals surface area contributed by atoms with E-state index in [2.05, 4.69) is 0 Å². The highest BCUT2D eigenvalue weighted by Gasteiger charge is 2.43. The zero-order valence-electron chi connectivity index (χ0n) is 10.3. The summed E-state index contributed by atoms with van der Waals surface area (Å²) in [4.78, 5) is 13.4. The summed E-state index contributed by atoms with van der Waals surface area (Å²) in [5.74, 6) is 0.898. The molecule has 2 rings (SSSR count). The molecule has 1 amide bonds. The largest absolute Gasteiger partial charge is 0.444 e. The molecule has 4 heteroatoms. The Kier molecular flexibility index (Phi) is 2.86. The van der Waals surface area contributed by atoms with Crippen LogP contribution in [0.15, 0.2) is 0 Å². The molecule has 0 radical (unpaired) electrons. The molecule has 92 valence electrons. The SMILES string of the molecule is CC(C)(C)OC(=O)N1C[C@H](C2CC2)[C@@H](O)C1. The highest BCUT2D eigenvalue weighted by Crippen LogP contribution is 2.41. The van der Waals surface area contributed by atoms with Gasteiger partial charge in [0, 0.05) is 12.5 Å². The van der Waals surface area contributed by atoms with Gasteiger partial charge in [0.2, 0.25) is 0 Å². The van der Waals surface area contributed by atoms with Crippen LogP contribution in [0.3, 0.4) is 0 Å². The van der Waals surface area contributed by atoms with Crippen molar-refractivity contribution in [2.24, 2.45) is 11.8 Å². The summed E-state index contributed by atoms with van der Waals surface area (Å²) in [6.45, 7) is 6.65. The number of aliphatic hydroxyl groups is 1. The second-order valence-electron chi connectivity index (χ2n) is 5.95. The fraction of sp³-hybridized carbons (Fsp3) is 0.917. The Labute approximate surface area is 96.6 Å². The van der Waals surface area contributed by atoms with Crippen molar-refractivity contribution >= 4 is 6.09 Å². The lowest BCUT2D eigenvalue weighted by atomic mass is 10.0. The predicted octanol–water partition coefficient (Wildman–Crippen LogP) is 1.62. The number of likely N-dealkylation sites (tertiary alicyclic amines) is 1. The molecule has 4 nitrogen and oxygen atoms in total. The Balaban J connectivity index is 1.89. The number of hydrogen-bond acceptors (Lipinski definition) is 3. The molecular weight excluding hydrogens is 206 g/mol. The lowest BCUT2D eigenvalue weighted by Gasteiger charge is -2.24. The van der Waals surface area contributed by atoms with E-state index in [1.54, 1.807) is 4.90 Å². The first-order chi connectivity index (χ1) is 7.37. The second kappa shape index (κ2) is 3.91. The van der Waals surface area contributed by atoms with E-state index in [4.69, 9.17) is 4.74 Å². The van der Waals surface area contributed by atoms with Crippen molar-refractivity contribution in [2.75, 3.05) is 13.1 Å². The van der Waals surface area contributed by atoms with Crippen LogP contribution in [0.1, 0.15) is 33.6 Å². The lowest BCUT2D eigenvalue weighted by molar-refractivity contribution is 0.0269. The summed E-state index contributed by atoms with van der Waals surface area (Å²) in [6, 6.07) is 0. The quantitative estimate of drug-likeness (QED) is 0.740. The number of aliphatic hydroxyl groups excluding tert-OH is 1. The van der Waals surface area contributed by atoms with Crippen LogP contribution >= 0.6 is 0 Å². The number of ether oxygens (including phenoxy) is 1. The van der Waals surface area contributed by atoms with E-state index in [1.807, 2.05) is 20.8 Å². The van der Waals surface area contributed by atoms with E-state index in [-0.39, 0.29) is 18.1 Å². The summed E-state index contributed by atoms with van der Waals surface area (Å²) in [5, 5.41) is 9.87. The Morgan fingerprint density at radius 3 is 2.44 bits per heavy atom. The summed E-state index contributed by atoms with van der Waals surface area (Å²) in [7, 11) is 0. The van der Waals surface area contributed by atoms with Gasteiger partial charge in [-0.25, -0.2) is 4.79 Å². The molecule has 2 atom stereocenters. The van der Waals surface area contributed by atoms with Gasteiger partial charge in [0.05, 0.1) is 12.6 Å². The number of rotatable bonds is 1. The molecule has 0 aromatic rings. The van der Waals surface area contributed by atoms with Gasteiger partial charge in [-0.2, -0.15) is 0 Å². The Morgan fingerprint density at radius 1 is 1.31 bits per heavy atom. The van der Waals surface area contributed by atoms with Crippen LogP contribution < -0.4 is 0 Å². The molecule has 0 aromatic carbocycles. The number of carbonyl (C=O) groups is 1. The normalized spacial score (nSPS) is 30.6. The minimum absolute atomic E-state index is 0.271. The minimum atomic E-state index is -0.459. The second-order valence-corrected chi connectivity index (χ2v) is 5.95. The van der Waals surface area contributed by atoms with Crippen molar-refractivity contribution in [3.8, 4) is 0 Å². The van der Waals surface area contributed by atoms with Gasteiger partial charge >= 0.3 is 6.09 Å². The average molecular weight is 227 g/mol. The minimum Gasteiger partial charge on any atom is -0.444 e.